The van der Waals surface area contributed by atoms with E-state index < -0.39 is 5.97 Å². The second-order valence-corrected chi connectivity index (χ2v) is 6.11. The first-order chi connectivity index (χ1) is 9.88. The molecule has 0 aliphatic carbocycles. The summed E-state index contributed by atoms with van der Waals surface area (Å²) in [7, 11) is 0. The maximum atomic E-state index is 11.9. The summed E-state index contributed by atoms with van der Waals surface area (Å²) in [4.78, 5) is 23.3. The van der Waals surface area contributed by atoms with E-state index in [0.29, 0.717) is 5.69 Å². The third-order valence-electron chi connectivity index (χ3n) is 2.86. The fraction of sp³-hybridized carbons (Fsp3) is 0.333. The Morgan fingerprint density at radius 1 is 1.33 bits per heavy atom. The highest BCUT2D eigenvalue weighted by atomic mass is 32.1. The fourth-order valence-corrected chi connectivity index (χ4v) is 2.97. The van der Waals surface area contributed by atoms with Gasteiger partial charge in [0, 0.05) is 4.88 Å². The minimum absolute atomic E-state index is 0.0870. The quantitative estimate of drug-likeness (QED) is 0.922. The third-order valence-corrected chi connectivity index (χ3v) is 3.75. The highest BCUT2D eigenvalue weighted by Gasteiger charge is 2.16. The molecule has 1 aromatic carbocycles. The van der Waals surface area contributed by atoms with Gasteiger partial charge in [-0.1, -0.05) is 11.3 Å². The molecule has 0 unspecified atom stereocenters. The van der Waals surface area contributed by atoms with Gasteiger partial charge in [-0.15, -0.1) is 0 Å². The monoisotopic (exact) mass is 307 g/mol. The van der Waals surface area contributed by atoms with Gasteiger partial charge in [-0.3, -0.25) is 14.2 Å². The standard InChI is InChI=1S/C15H17NO4S/c1-9(2)20-12-6-4-11(5-7-12)14-10(3)21-15(19)16(14)8-13(17)18/h4-7,9H,8H2,1-3H3,(H,17,18). The number of hydrogen-bond donors (Lipinski definition) is 1. The van der Waals surface area contributed by atoms with E-state index in [1.807, 2.05) is 45.0 Å². The van der Waals surface area contributed by atoms with Crippen molar-refractivity contribution >= 4 is 17.3 Å². The summed E-state index contributed by atoms with van der Waals surface area (Å²) in [5.74, 6) is -0.287. The molecule has 0 atom stereocenters. The Kier molecular flexibility index (Phi) is 4.47. The summed E-state index contributed by atoms with van der Waals surface area (Å²) in [5.41, 5.74) is 1.46. The van der Waals surface area contributed by atoms with Crippen molar-refractivity contribution in [3.8, 4) is 17.0 Å². The molecule has 0 fully saturated rings. The van der Waals surface area contributed by atoms with Crippen molar-refractivity contribution in [2.45, 2.75) is 33.4 Å². The SMILES string of the molecule is Cc1sc(=O)n(CC(=O)O)c1-c1ccc(OC(C)C)cc1. The van der Waals surface area contributed by atoms with E-state index in [4.69, 9.17) is 9.84 Å². The Morgan fingerprint density at radius 2 is 1.95 bits per heavy atom. The first-order valence-corrected chi connectivity index (χ1v) is 7.39. The maximum Gasteiger partial charge on any atom is 0.323 e. The van der Waals surface area contributed by atoms with Gasteiger partial charge in [-0.2, -0.15) is 0 Å². The van der Waals surface area contributed by atoms with Crippen LogP contribution in [0.4, 0.5) is 0 Å². The number of ether oxygens (including phenoxy) is 1. The predicted octanol–water partition coefficient (Wildman–Crippen LogP) is 2.76. The van der Waals surface area contributed by atoms with Crippen LogP contribution in [0.25, 0.3) is 11.3 Å². The molecule has 0 aliphatic rings. The Morgan fingerprint density at radius 3 is 2.48 bits per heavy atom. The lowest BCUT2D eigenvalue weighted by Crippen LogP contribution is -2.19. The van der Waals surface area contributed by atoms with Gasteiger partial charge >= 0.3 is 10.8 Å². The molecule has 2 aromatic rings. The zero-order chi connectivity index (χ0) is 15.6. The number of aliphatic carboxylic acids is 1. The highest BCUT2D eigenvalue weighted by molar-refractivity contribution is 7.09. The maximum absolute atomic E-state index is 11.9. The Balaban J connectivity index is 2.42. The minimum Gasteiger partial charge on any atom is -0.491 e. The molecule has 5 nitrogen and oxygen atoms in total. The third kappa shape index (κ3) is 3.52. The van der Waals surface area contributed by atoms with E-state index in [1.54, 1.807) is 0 Å². The molecular formula is C15H17NO4S. The van der Waals surface area contributed by atoms with E-state index in [9.17, 15) is 9.59 Å². The number of aryl methyl sites for hydroxylation is 1. The van der Waals surface area contributed by atoms with Gasteiger partial charge in [-0.05, 0) is 50.6 Å². The van der Waals surface area contributed by atoms with Crippen LogP contribution in [-0.4, -0.2) is 21.7 Å². The topological polar surface area (TPSA) is 68.5 Å². The lowest BCUT2D eigenvalue weighted by Gasteiger charge is -2.11. The number of thiazole rings is 1. The Hall–Kier alpha value is -2.08. The molecule has 0 saturated carbocycles. The van der Waals surface area contributed by atoms with Crippen LogP contribution in [0.1, 0.15) is 18.7 Å². The number of hydrogen-bond acceptors (Lipinski definition) is 4. The van der Waals surface area contributed by atoms with Gasteiger partial charge < -0.3 is 9.84 Å². The van der Waals surface area contributed by atoms with Crippen LogP contribution in [0.2, 0.25) is 0 Å². The Bertz CT molecular complexity index is 697. The van der Waals surface area contributed by atoms with Crippen molar-refractivity contribution in [2.24, 2.45) is 0 Å². The number of aromatic nitrogens is 1. The van der Waals surface area contributed by atoms with Crippen molar-refractivity contribution in [1.29, 1.82) is 0 Å². The van der Waals surface area contributed by atoms with Gasteiger partial charge in [0.25, 0.3) is 0 Å². The van der Waals surface area contributed by atoms with Crippen molar-refractivity contribution in [2.75, 3.05) is 0 Å². The van der Waals surface area contributed by atoms with E-state index in [0.717, 1.165) is 27.5 Å². The molecule has 0 spiro atoms. The van der Waals surface area contributed by atoms with E-state index in [-0.39, 0.29) is 17.5 Å². The van der Waals surface area contributed by atoms with Crippen molar-refractivity contribution in [3.63, 3.8) is 0 Å². The minimum atomic E-state index is -1.03. The van der Waals surface area contributed by atoms with Crippen molar-refractivity contribution < 1.29 is 14.6 Å². The molecule has 0 bridgehead atoms. The second kappa shape index (κ2) is 6.13. The fourth-order valence-electron chi connectivity index (χ4n) is 2.12. The van der Waals surface area contributed by atoms with Crippen LogP contribution in [0, 0.1) is 6.92 Å². The smallest absolute Gasteiger partial charge is 0.323 e. The van der Waals surface area contributed by atoms with Crippen molar-refractivity contribution in [3.05, 3.63) is 38.8 Å². The van der Waals surface area contributed by atoms with Crippen LogP contribution in [0.15, 0.2) is 29.1 Å². The van der Waals surface area contributed by atoms with Gasteiger partial charge in [0.05, 0.1) is 11.8 Å². The van der Waals surface area contributed by atoms with Crippen LogP contribution in [0.5, 0.6) is 5.75 Å². The number of carboxylic acids is 1. The van der Waals surface area contributed by atoms with Crippen LogP contribution < -0.4 is 9.61 Å². The number of carboxylic acid groups (broad SMARTS) is 1. The largest absolute Gasteiger partial charge is 0.491 e. The van der Waals surface area contributed by atoms with Gasteiger partial charge in [-0.25, -0.2) is 0 Å². The summed E-state index contributed by atoms with van der Waals surface area (Å²) in [6.07, 6.45) is 0.0870. The molecule has 0 amide bonds. The molecule has 0 radical (unpaired) electrons. The molecular weight excluding hydrogens is 290 g/mol. The van der Waals surface area contributed by atoms with Gasteiger partial charge in [0.1, 0.15) is 12.3 Å². The molecule has 1 N–H and O–H groups in total. The zero-order valence-electron chi connectivity index (χ0n) is 12.1. The number of benzene rings is 1. The summed E-state index contributed by atoms with van der Waals surface area (Å²) in [6, 6.07) is 7.32. The first kappa shape index (κ1) is 15.3. The summed E-state index contributed by atoms with van der Waals surface area (Å²) in [6.45, 7) is 5.38. The molecule has 0 aliphatic heterocycles. The number of rotatable bonds is 5. The average molecular weight is 307 g/mol. The highest BCUT2D eigenvalue weighted by Crippen LogP contribution is 2.27. The Labute approximate surface area is 126 Å². The summed E-state index contributed by atoms with van der Waals surface area (Å²) < 4.78 is 6.87. The number of nitrogens with zero attached hydrogens (tertiary/aromatic N) is 1. The van der Waals surface area contributed by atoms with E-state index in [1.165, 1.54) is 4.57 Å². The number of carbonyl (C=O) groups is 1. The lowest BCUT2D eigenvalue weighted by molar-refractivity contribution is -0.137. The molecule has 21 heavy (non-hydrogen) atoms. The molecule has 0 saturated heterocycles. The van der Waals surface area contributed by atoms with Crippen LogP contribution >= 0.6 is 11.3 Å². The zero-order valence-corrected chi connectivity index (χ0v) is 12.9. The average Bonchev–Trinajstić information content (AvgIpc) is 2.64. The second-order valence-electron chi connectivity index (χ2n) is 4.94. The summed E-state index contributed by atoms with van der Waals surface area (Å²) >= 11 is 1.06. The van der Waals surface area contributed by atoms with E-state index in [2.05, 4.69) is 0 Å². The van der Waals surface area contributed by atoms with E-state index >= 15 is 0 Å². The predicted molar refractivity (Wildman–Crippen MR) is 82.2 cm³/mol. The normalized spacial score (nSPS) is 10.9. The molecule has 2 rings (SSSR count). The molecule has 6 heteroatoms. The van der Waals surface area contributed by atoms with Gasteiger partial charge in [0.15, 0.2) is 0 Å². The van der Waals surface area contributed by atoms with Crippen molar-refractivity contribution in [1.82, 2.24) is 4.57 Å². The molecule has 1 aromatic heterocycles. The summed E-state index contributed by atoms with van der Waals surface area (Å²) in [5, 5.41) is 8.94. The lowest BCUT2D eigenvalue weighted by atomic mass is 10.1. The molecule has 112 valence electrons. The van der Waals surface area contributed by atoms with Gasteiger partial charge in [0.2, 0.25) is 0 Å². The first-order valence-electron chi connectivity index (χ1n) is 6.57. The van der Waals surface area contributed by atoms with Crippen LogP contribution in [-0.2, 0) is 11.3 Å². The molecule has 1 heterocycles. The van der Waals surface area contributed by atoms with Crippen LogP contribution in [0.3, 0.4) is 0 Å².